The van der Waals surface area contributed by atoms with Crippen LogP contribution in [0.2, 0.25) is 0 Å². The number of aromatic nitrogens is 4. The first kappa shape index (κ1) is 16.0. The normalized spacial score (nSPS) is 10.9. The maximum absolute atomic E-state index is 11.3. The van der Waals surface area contributed by atoms with Crippen molar-refractivity contribution in [3.63, 3.8) is 0 Å². The summed E-state index contributed by atoms with van der Waals surface area (Å²) in [7, 11) is 0. The molecule has 0 amide bonds. The molecule has 0 aliphatic heterocycles. The highest BCUT2D eigenvalue weighted by Gasteiger charge is 2.05. The van der Waals surface area contributed by atoms with Gasteiger partial charge in [0.15, 0.2) is 5.75 Å². The number of hydrogen-bond donors (Lipinski definition) is 1. The Kier molecular flexibility index (Phi) is 4.74. The van der Waals surface area contributed by atoms with Gasteiger partial charge in [-0.3, -0.25) is 9.48 Å². The lowest BCUT2D eigenvalue weighted by Gasteiger charge is -2.11. The van der Waals surface area contributed by atoms with Gasteiger partial charge in [0.25, 0.3) is 0 Å². The van der Waals surface area contributed by atoms with Gasteiger partial charge in [0.2, 0.25) is 5.43 Å². The second-order valence-electron chi connectivity index (χ2n) is 5.75. The van der Waals surface area contributed by atoms with Crippen molar-refractivity contribution in [2.75, 3.05) is 0 Å². The van der Waals surface area contributed by atoms with E-state index >= 15 is 0 Å². The molecule has 6 nitrogen and oxygen atoms in total. The van der Waals surface area contributed by atoms with E-state index in [1.165, 1.54) is 6.07 Å². The molecule has 1 N–H and O–H groups in total. The second kappa shape index (κ2) is 7.12. The summed E-state index contributed by atoms with van der Waals surface area (Å²) in [4.78, 5) is 11.3. The molecular formula is C18H20N4O2. The molecule has 3 aromatic rings. The molecule has 0 saturated carbocycles. The first-order chi connectivity index (χ1) is 11.6. The Balaban J connectivity index is 1.53. The number of benzene rings is 1. The summed E-state index contributed by atoms with van der Waals surface area (Å²) in [6, 6.07) is 11.4. The van der Waals surface area contributed by atoms with Crippen LogP contribution in [-0.2, 0) is 13.1 Å². The molecule has 0 saturated heterocycles. The highest BCUT2D eigenvalue weighted by atomic mass is 16.3. The third kappa shape index (κ3) is 3.53. The van der Waals surface area contributed by atoms with Crippen molar-refractivity contribution in [1.29, 1.82) is 0 Å². The fraction of sp³-hybridized carbons (Fsp3) is 0.278. The first-order valence-electron chi connectivity index (χ1n) is 8.00. The highest BCUT2D eigenvalue weighted by Crippen LogP contribution is 2.15. The lowest BCUT2D eigenvalue weighted by atomic mass is 10.2. The number of aryl methyl sites for hydroxylation is 2. The standard InChI is InChI=1S/C18H20N4O2/c1-14-18(24)17(23)9-12-21(14)10-5-6-11-22-13-16(19-20-22)15-7-3-2-4-8-15/h2-4,7-9,12-13,24H,5-6,10-11H2,1H3. The first-order valence-corrected chi connectivity index (χ1v) is 8.00. The van der Waals surface area contributed by atoms with E-state index in [9.17, 15) is 9.90 Å². The Morgan fingerprint density at radius 3 is 2.62 bits per heavy atom. The Bertz CT molecular complexity index is 868. The topological polar surface area (TPSA) is 72.9 Å². The van der Waals surface area contributed by atoms with E-state index in [0.29, 0.717) is 5.69 Å². The van der Waals surface area contributed by atoms with Gasteiger partial charge in [-0.15, -0.1) is 5.10 Å². The van der Waals surface area contributed by atoms with Crippen LogP contribution < -0.4 is 5.43 Å². The molecule has 0 unspecified atom stereocenters. The molecule has 0 aliphatic rings. The molecule has 3 rings (SSSR count). The molecule has 1 aromatic carbocycles. The highest BCUT2D eigenvalue weighted by molar-refractivity contribution is 5.57. The van der Waals surface area contributed by atoms with Gasteiger partial charge >= 0.3 is 0 Å². The van der Waals surface area contributed by atoms with Crippen molar-refractivity contribution in [3.8, 4) is 17.0 Å². The Hall–Kier alpha value is -2.89. The van der Waals surface area contributed by atoms with Gasteiger partial charge < -0.3 is 9.67 Å². The Labute approximate surface area is 140 Å². The minimum atomic E-state index is -0.334. The predicted octanol–water partition coefficient (Wildman–Crippen LogP) is 2.60. The Morgan fingerprint density at radius 2 is 1.83 bits per heavy atom. The summed E-state index contributed by atoms with van der Waals surface area (Å²) in [5.74, 6) is -0.165. The summed E-state index contributed by atoms with van der Waals surface area (Å²) in [5.41, 5.74) is 2.20. The van der Waals surface area contributed by atoms with Gasteiger partial charge in [-0.2, -0.15) is 0 Å². The predicted molar refractivity (Wildman–Crippen MR) is 91.8 cm³/mol. The third-order valence-corrected chi connectivity index (χ3v) is 4.06. The van der Waals surface area contributed by atoms with Crippen LogP contribution in [0.15, 0.2) is 53.6 Å². The summed E-state index contributed by atoms with van der Waals surface area (Å²) < 4.78 is 3.74. The molecule has 24 heavy (non-hydrogen) atoms. The third-order valence-electron chi connectivity index (χ3n) is 4.06. The molecule has 0 bridgehead atoms. The molecule has 2 heterocycles. The average molecular weight is 324 g/mol. The molecule has 0 aliphatic carbocycles. The number of pyridine rings is 1. The van der Waals surface area contributed by atoms with Crippen LogP contribution in [0, 0.1) is 6.92 Å². The smallest absolute Gasteiger partial charge is 0.223 e. The fourth-order valence-corrected chi connectivity index (χ4v) is 2.61. The van der Waals surface area contributed by atoms with Crippen LogP contribution >= 0.6 is 0 Å². The Morgan fingerprint density at radius 1 is 1.08 bits per heavy atom. The molecule has 6 heteroatoms. The van der Waals surface area contributed by atoms with Crippen molar-refractivity contribution < 1.29 is 5.11 Å². The van der Waals surface area contributed by atoms with Crippen LogP contribution in [0.5, 0.6) is 5.75 Å². The number of unbranched alkanes of at least 4 members (excludes halogenated alkanes) is 1. The summed E-state index contributed by atoms with van der Waals surface area (Å²) in [5, 5.41) is 18.0. The zero-order chi connectivity index (χ0) is 16.9. The largest absolute Gasteiger partial charge is 0.503 e. The second-order valence-corrected chi connectivity index (χ2v) is 5.75. The molecule has 0 atom stereocenters. The van der Waals surface area contributed by atoms with Crippen LogP contribution in [0.25, 0.3) is 11.3 Å². The van der Waals surface area contributed by atoms with Crippen molar-refractivity contribution in [2.24, 2.45) is 0 Å². The van der Waals surface area contributed by atoms with Crippen molar-refractivity contribution >= 4 is 0 Å². The minimum Gasteiger partial charge on any atom is -0.503 e. The van der Waals surface area contributed by atoms with Gasteiger partial charge in [-0.05, 0) is 19.8 Å². The SMILES string of the molecule is Cc1c(O)c(=O)ccn1CCCCn1cc(-c2ccccc2)nn1. The van der Waals surface area contributed by atoms with E-state index in [4.69, 9.17) is 0 Å². The van der Waals surface area contributed by atoms with Gasteiger partial charge in [0.1, 0.15) is 5.69 Å². The lowest BCUT2D eigenvalue weighted by molar-refractivity contribution is 0.447. The van der Waals surface area contributed by atoms with E-state index < -0.39 is 0 Å². The zero-order valence-corrected chi connectivity index (χ0v) is 13.6. The lowest BCUT2D eigenvalue weighted by Crippen LogP contribution is -2.10. The molecule has 124 valence electrons. The van der Waals surface area contributed by atoms with Gasteiger partial charge in [-0.25, -0.2) is 0 Å². The van der Waals surface area contributed by atoms with Crippen LogP contribution in [0.1, 0.15) is 18.5 Å². The molecule has 0 fully saturated rings. The van der Waals surface area contributed by atoms with Crippen molar-refractivity contribution in [1.82, 2.24) is 19.6 Å². The van der Waals surface area contributed by atoms with Crippen molar-refractivity contribution in [2.45, 2.75) is 32.9 Å². The average Bonchev–Trinajstić information content (AvgIpc) is 3.08. The van der Waals surface area contributed by atoms with E-state index in [-0.39, 0.29) is 11.2 Å². The van der Waals surface area contributed by atoms with Crippen LogP contribution in [0.3, 0.4) is 0 Å². The van der Waals surface area contributed by atoms with E-state index in [1.54, 1.807) is 13.1 Å². The zero-order valence-electron chi connectivity index (χ0n) is 13.6. The molecule has 0 radical (unpaired) electrons. The number of nitrogens with zero attached hydrogens (tertiary/aromatic N) is 4. The summed E-state index contributed by atoms with van der Waals surface area (Å²) in [6.45, 7) is 3.28. The van der Waals surface area contributed by atoms with E-state index in [1.807, 2.05) is 45.8 Å². The molecule has 0 spiro atoms. The number of rotatable bonds is 6. The van der Waals surface area contributed by atoms with Gasteiger partial charge in [-0.1, -0.05) is 35.5 Å². The number of aromatic hydroxyl groups is 1. The maximum atomic E-state index is 11.3. The summed E-state index contributed by atoms with van der Waals surface area (Å²) in [6.07, 6.45) is 5.53. The van der Waals surface area contributed by atoms with E-state index in [0.717, 1.165) is 37.2 Å². The molecule has 2 aromatic heterocycles. The fourth-order valence-electron chi connectivity index (χ4n) is 2.61. The van der Waals surface area contributed by atoms with Crippen LogP contribution in [-0.4, -0.2) is 24.7 Å². The maximum Gasteiger partial charge on any atom is 0.223 e. The summed E-state index contributed by atoms with van der Waals surface area (Å²) >= 11 is 0. The molecular weight excluding hydrogens is 304 g/mol. The van der Waals surface area contributed by atoms with E-state index in [2.05, 4.69) is 10.3 Å². The quantitative estimate of drug-likeness (QED) is 0.707. The monoisotopic (exact) mass is 324 g/mol. The minimum absolute atomic E-state index is 0.165. The number of hydrogen-bond acceptors (Lipinski definition) is 4. The van der Waals surface area contributed by atoms with Crippen LogP contribution in [0.4, 0.5) is 0 Å². The van der Waals surface area contributed by atoms with Gasteiger partial charge in [0, 0.05) is 30.9 Å². The van der Waals surface area contributed by atoms with Crippen molar-refractivity contribution in [3.05, 3.63) is 64.7 Å². The van der Waals surface area contributed by atoms with Gasteiger partial charge in [0.05, 0.1) is 11.9 Å².